The van der Waals surface area contributed by atoms with Gasteiger partial charge in [0, 0.05) is 25.7 Å². The second kappa shape index (κ2) is 7.63. The smallest absolute Gasteiger partial charge is 0.0509 e. The van der Waals surface area contributed by atoms with Crippen LogP contribution in [0.5, 0.6) is 0 Å². The first-order chi connectivity index (χ1) is 9.31. The third-order valence-electron chi connectivity index (χ3n) is 4.14. The number of nitrogens with zero attached hydrogens (tertiary/aromatic N) is 1. The van der Waals surface area contributed by atoms with Crippen molar-refractivity contribution in [1.29, 1.82) is 0 Å². The number of ether oxygens (including phenoxy) is 1. The number of hydrogen-bond donors (Lipinski definition) is 1. The van der Waals surface area contributed by atoms with E-state index in [0.717, 1.165) is 32.7 Å². The molecule has 1 aliphatic heterocycles. The van der Waals surface area contributed by atoms with Crippen molar-refractivity contribution < 1.29 is 4.74 Å². The lowest BCUT2D eigenvalue weighted by atomic mass is 9.92. The maximum atomic E-state index is 5.98. The van der Waals surface area contributed by atoms with Crippen molar-refractivity contribution in [2.45, 2.75) is 25.3 Å². The van der Waals surface area contributed by atoms with E-state index in [1.54, 1.807) is 0 Å². The van der Waals surface area contributed by atoms with Gasteiger partial charge in [-0.05, 0) is 37.8 Å². The summed E-state index contributed by atoms with van der Waals surface area (Å²) in [5, 5.41) is 0. The fourth-order valence-corrected chi connectivity index (χ4v) is 2.92. The van der Waals surface area contributed by atoms with Gasteiger partial charge in [-0.25, -0.2) is 0 Å². The Labute approximate surface area is 116 Å². The van der Waals surface area contributed by atoms with E-state index in [-0.39, 0.29) is 0 Å². The lowest BCUT2D eigenvalue weighted by molar-refractivity contribution is 0.0175. The van der Waals surface area contributed by atoms with Crippen LogP contribution in [-0.4, -0.2) is 44.3 Å². The molecule has 1 saturated heterocycles. The Morgan fingerprint density at radius 2 is 2.16 bits per heavy atom. The summed E-state index contributed by atoms with van der Waals surface area (Å²) in [4.78, 5) is 2.41. The van der Waals surface area contributed by atoms with E-state index in [2.05, 4.69) is 42.3 Å². The van der Waals surface area contributed by atoms with E-state index in [1.807, 2.05) is 0 Å². The molecule has 106 valence electrons. The third kappa shape index (κ3) is 4.30. The highest BCUT2D eigenvalue weighted by Gasteiger charge is 2.26. The number of benzene rings is 1. The maximum absolute atomic E-state index is 5.98. The highest BCUT2D eigenvalue weighted by molar-refractivity contribution is 5.14. The number of likely N-dealkylation sites (N-methyl/N-ethyl adjacent to an activating group) is 1. The molecule has 0 aromatic heterocycles. The van der Waals surface area contributed by atoms with Gasteiger partial charge in [-0.15, -0.1) is 0 Å². The largest absolute Gasteiger partial charge is 0.381 e. The summed E-state index contributed by atoms with van der Waals surface area (Å²) in [6.45, 7) is 3.57. The van der Waals surface area contributed by atoms with Crippen LogP contribution in [0.2, 0.25) is 0 Å². The third-order valence-corrected chi connectivity index (χ3v) is 4.14. The first-order valence-electron chi connectivity index (χ1n) is 7.33. The molecule has 19 heavy (non-hydrogen) atoms. The van der Waals surface area contributed by atoms with Crippen LogP contribution in [0.4, 0.5) is 0 Å². The summed E-state index contributed by atoms with van der Waals surface area (Å²) in [6.07, 6.45) is 3.51. The number of nitrogens with two attached hydrogens (primary N) is 1. The average molecular weight is 262 g/mol. The molecule has 2 atom stereocenters. The highest BCUT2D eigenvalue weighted by Crippen LogP contribution is 2.20. The van der Waals surface area contributed by atoms with Gasteiger partial charge < -0.3 is 15.4 Å². The minimum absolute atomic E-state index is 0.448. The molecule has 0 radical (unpaired) electrons. The summed E-state index contributed by atoms with van der Waals surface area (Å²) in [5.41, 5.74) is 7.37. The lowest BCUT2D eigenvalue weighted by Gasteiger charge is -2.35. The van der Waals surface area contributed by atoms with Gasteiger partial charge in [-0.1, -0.05) is 30.3 Å². The zero-order chi connectivity index (χ0) is 13.5. The maximum Gasteiger partial charge on any atom is 0.0509 e. The summed E-state index contributed by atoms with van der Waals surface area (Å²) in [7, 11) is 2.19. The molecule has 2 unspecified atom stereocenters. The van der Waals surface area contributed by atoms with Crippen LogP contribution in [-0.2, 0) is 11.2 Å². The first kappa shape index (κ1) is 14.5. The minimum atomic E-state index is 0.448. The SMILES string of the molecule is CN(CCc1ccccc1)C(CN)C1CCCOC1. The lowest BCUT2D eigenvalue weighted by Crippen LogP contribution is -2.46. The molecule has 1 aromatic rings. The predicted molar refractivity (Wildman–Crippen MR) is 79.2 cm³/mol. The predicted octanol–water partition coefficient (Wildman–Crippen LogP) is 1.91. The quantitative estimate of drug-likeness (QED) is 0.851. The van der Waals surface area contributed by atoms with Crippen LogP contribution in [0.1, 0.15) is 18.4 Å². The molecule has 0 amide bonds. The van der Waals surface area contributed by atoms with Crippen LogP contribution in [0, 0.1) is 5.92 Å². The first-order valence-corrected chi connectivity index (χ1v) is 7.33. The topological polar surface area (TPSA) is 38.5 Å². The van der Waals surface area contributed by atoms with Crippen molar-refractivity contribution in [1.82, 2.24) is 4.90 Å². The molecular weight excluding hydrogens is 236 g/mol. The molecule has 3 heteroatoms. The monoisotopic (exact) mass is 262 g/mol. The zero-order valence-corrected chi connectivity index (χ0v) is 11.9. The second-order valence-electron chi connectivity index (χ2n) is 5.50. The summed E-state index contributed by atoms with van der Waals surface area (Å²) in [6, 6.07) is 11.1. The van der Waals surface area contributed by atoms with E-state index in [1.165, 1.54) is 18.4 Å². The van der Waals surface area contributed by atoms with Crippen LogP contribution < -0.4 is 5.73 Å². The number of rotatable bonds is 6. The van der Waals surface area contributed by atoms with Crippen LogP contribution in [0.25, 0.3) is 0 Å². The van der Waals surface area contributed by atoms with Gasteiger partial charge in [-0.2, -0.15) is 0 Å². The standard InChI is InChI=1S/C16H26N2O/c1-18(10-9-14-6-3-2-4-7-14)16(12-17)15-8-5-11-19-13-15/h2-4,6-7,15-16H,5,8-13,17H2,1H3. The van der Waals surface area contributed by atoms with Gasteiger partial charge in [-0.3, -0.25) is 0 Å². The van der Waals surface area contributed by atoms with Crippen molar-refractivity contribution in [2.75, 3.05) is 33.4 Å². The van der Waals surface area contributed by atoms with Crippen molar-refractivity contribution in [3.8, 4) is 0 Å². The fraction of sp³-hybridized carbons (Fsp3) is 0.625. The van der Waals surface area contributed by atoms with Crippen LogP contribution in [0.3, 0.4) is 0 Å². The Hall–Kier alpha value is -0.900. The molecule has 3 nitrogen and oxygen atoms in total. The Bertz CT molecular complexity index is 349. The Kier molecular flexibility index (Phi) is 5.83. The molecule has 1 heterocycles. The normalized spacial score (nSPS) is 21.5. The van der Waals surface area contributed by atoms with Crippen molar-refractivity contribution in [2.24, 2.45) is 11.7 Å². The molecule has 2 N–H and O–H groups in total. The molecule has 0 saturated carbocycles. The summed E-state index contributed by atoms with van der Waals surface area (Å²) in [5.74, 6) is 0.597. The Morgan fingerprint density at radius 1 is 1.37 bits per heavy atom. The minimum Gasteiger partial charge on any atom is -0.381 e. The molecule has 1 aliphatic rings. The molecule has 0 aliphatic carbocycles. The van der Waals surface area contributed by atoms with E-state index in [0.29, 0.717) is 12.0 Å². The van der Waals surface area contributed by atoms with E-state index < -0.39 is 0 Å². The molecule has 1 aromatic carbocycles. The summed E-state index contributed by atoms with van der Waals surface area (Å²) < 4.78 is 5.60. The van der Waals surface area contributed by atoms with Gasteiger partial charge >= 0.3 is 0 Å². The van der Waals surface area contributed by atoms with E-state index in [9.17, 15) is 0 Å². The van der Waals surface area contributed by atoms with Gasteiger partial charge in [0.05, 0.1) is 6.61 Å². The van der Waals surface area contributed by atoms with Crippen molar-refractivity contribution in [3.63, 3.8) is 0 Å². The Morgan fingerprint density at radius 3 is 2.79 bits per heavy atom. The number of hydrogen-bond acceptors (Lipinski definition) is 3. The van der Waals surface area contributed by atoms with E-state index >= 15 is 0 Å². The van der Waals surface area contributed by atoms with Crippen molar-refractivity contribution >= 4 is 0 Å². The fourth-order valence-electron chi connectivity index (χ4n) is 2.92. The van der Waals surface area contributed by atoms with Gasteiger partial charge in [0.1, 0.15) is 0 Å². The average Bonchev–Trinajstić information content (AvgIpc) is 2.48. The zero-order valence-electron chi connectivity index (χ0n) is 11.9. The van der Waals surface area contributed by atoms with E-state index in [4.69, 9.17) is 10.5 Å². The van der Waals surface area contributed by atoms with Crippen LogP contribution >= 0.6 is 0 Å². The second-order valence-corrected chi connectivity index (χ2v) is 5.50. The highest BCUT2D eigenvalue weighted by atomic mass is 16.5. The van der Waals surface area contributed by atoms with Gasteiger partial charge in [0.15, 0.2) is 0 Å². The van der Waals surface area contributed by atoms with Crippen molar-refractivity contribution in [3.05, 3.63) is 35.9 Å². The molecular formula is C16H26N2O. The molecule has 0 bridgehead atoms. The van der Waals surface area contributed by atoms with Gasteiger partial charge in [0.25, 0.3) is 0 Å². The molecule has 0 spiro atoms. The van der Waals surface area contributed by atoms with Gasteiger partial charge in [0.2, 0.25) is 0 Å². The Balaban J connectivity index is 1.84. The molecule has 1 fully saturated rings. The summed E-state index contributed by atoms with van der Waals surface area (Å²) >= 11 is 0. The van der Waals surface area contributed by atoms with Crippen LogP contribution in [0.15, 0.2) is 30.3 Å². The molecule has 2 rings (SSSR count).